The molecule has 0 bridgehead atoms. The van der Waals surface area contributed by atoms with Crippen molar-refractivity contribution in [2.75, 3.05) is 18.0 Å². The first-order valence-electron chi connectivity index (χ1n) is 11.0. The molecule has 34 heavy (non-hydrogen) atoms. The Balaban J connectivity index is 2.37. The van der Waals surface area contributed by atoms with Crippen molar-refractivity contribution < 1.29 is 28.2 Å². The van der Waals surface area contributed by atoms with Crippen LogP contribution in [0.15, 0.2) is 18.2 Å². The third-order valence-electron chi connectivity index (χ3n) is 5.90. The summed E-state index contributed by atoms with van der Waals surface area (Å²) in [7, 11) is 0. The molecule has 1 atom stereocenters. The molecule has 0 amide bonds. The number of rotatable bonds is 6. The number of aldehydes is 1. The molecule has 0 spiro atoms. The predicted octanol–water partition coefficient (Wildman–Crippen LogP) is 6.06. The zero-order chi connectivity index (χ0) is 25.4. The number of carbonyl (C=O) groups is 2. The number of aliphatic carboxylic acids is 1. The summed E-state index contributed by atoms with van der Waals surface area (Å²) in [5, 5.41) is 9.89. The lowest BCUT2D eigenvalue weighted by Gasteiger charge is -2.41. The number of anilines is 1. The summed E-state index contributed by atoms with van der Waals surface area (Å²) in [6.45, 7) is 10.5. The van der Waals surface area contributed by atoms with Crippen LogP contribution in [0.4, 0.5) is 14.5 Å². The van der Waals surface area contributed by atoms with Crippen molar-refractivity contribution in [1.29, 1.82) is 0 Å². The van der Waals surface area contributed by atoms with Gasteiger partial charge in [0.2, 0.25) is 0 Å². The van der Waals surface area contributed by atoms with E-state index in [1.165, 1.54) is 6.07 Å². The number of aromatic nitrogens is 1. The maximum atomic E-state index is 14.2. The molecule has 0 aliphatic carbocycles. The topological polar surface area (TPSA) is 79.7 Å². The molecule has 3 rings (SSSR count). The molecule has 0 saturated carbocycles. The van der Waals surface area contributed by atoms with Crippen molar-refractivity contribution in [3.8, 4) is 11.1 Å². The highest BCUT2D eigenvalue weighted by molar-refractivity contribution is 6.31. The van der Waals surface area contributed by atoms with Crippen LogP contribution in [0.2, 0.25) is 5.15 Å². The van der Waals surface area contributed by atoms with Gasteiger partial charge in [-0.05, 0) is 56.7 Å². The van der Waals surface area contributed by atoms with Gasteiger partial charge in [0.05, 0.1) is 16.9 Å². The maximum absolute atomic E-state index is 14.2. The standard InChI is InChI=1S/C25H29ClF2N2O4/c1-24(2,3)34-21(23(32)33)19-20(30-10-8-25(4,5)9-11-30)18(17(13-31)29-22(19)26)14-6-7-15(27)16(28)12-14/h6-7,12-13,21H,8-11H2,1-5H3,(H,32,33)/t21-/m0/s1. The Morgan fingerprint density at radius 1 is 1.24 bits per heavy atom. The zero-order valence-electron chi connectivity index (χ0n) is 19.9. The summed E-state index contributed by atoms with van der Waals surface area (Å²) in [4.78, 5) is 30.5. The van der Waals surface area contributed by atoms with Crippen LogP contribution in [-0.2, 0) is 9.53 Å². The van der Waals surface area contributed by atoms with E-state index in [9.17, 15) is 23.5 Å². The van der Waals surface area contributed by atoms with Crippen LogP contribution < -0.4 is 4.90 Å². The number of halogens is 3. The molecular formula is C25H29ClF2N2O4. The fraction of sp³-hybridized carbons (Fsp3) is 0.480. The molecule has 9 heteroatoms. The van der Waals surface area contributed by atoms with E-state index in [4.69, 9.17) is 16.3 Å². The minimum absolute atomic E-state index is 0.0667. The number of hydrogen-bond acceptors (Lipinski definition) is 5. The van der Waals surface area contributed by atoms with E-state index in [1.807, 2.05) is 4.90 Å². The fourth-order valence-electron chi connectivity index (χ4n) is 4.08. The van der Waals surface area contributed by atoms with Crippen LogP contribution in [-0.4, -0.2) is 41.0 Å². The average Bonchev–Trinajstić information content (AvgIpc) is 2.73. The summed E-state index contributed by atoms with van der Waals surface area (Å²) in [6, 6.07) is 3.25. The molecule has 1 aromatic heterocycles. The lowest BCUT2D eigenvalue weighted by Crippen LogP contribution is -2.39. The Morgan fingerprint density at radius 2 is 1.85 bits per heavy atom. The van der Waals surface area contributed by atoms with Gasteiger partial charge in [0, 0.05) is 18.7 Å². The second-order valence-corrected chi connectivity index (χ2v) is 10.6. The Labute approximate surface area is 202 Å². The van der Waals surface area contributed by atoms with Crippen molar-refractivity contribution in [3.05, 3.63) is 46.2 Å². The lowest BCUT2D eigenvalue weighted by molar-refractivity contribution is -0.160. The first kappa shape index (κ1) is 26.0. The maximum Gasteiger partial charge on any atom is 0.337 e. The van der Waals surface area contributed by atoms with E-state index >= 15 is 0 Å². The van der Waals surface area contributed by atoms with Crippen molar-refractivity contribution in [3.63, 3.8) is 0 Å². The van der Waals surface area contributed by atoms with Crippen LogP contribution in [0.3, 0.4) is 0 Å². The predicted molar refractivity (Wildman–Crippen MR) is 126 cm³/mol. The number of carboxylic acids is 1. The number of benzene rings is 1. The smallest absolute Gasteiger partial charge is 0.337 e. The Bertz CT molecular complexity index is 1110. The fourth-order valence-corrected chi connectivity index (χ4v) is 4.36. The van der Waals surface area contributed by atoms with Crippen molar-refractivity contribution >= 4 is 29.5 Å². The number of ether oxygens (including phenoxy) is 1. The number of carbonyl (C=O) groups excluding carboxylic acids is 1. The van der Waals surface area contributed by atoms with E-state index in [0.717, 1.165) is 25.0 Å². The van der Waals surface area contributed by atoms with Gasteiger partial charge in [-0.25, -0.2) is 18.6 Å². The number of carboxylic acid groups (broad SMARTS) is 1. The largest absolute Gasteiger partial charge is 0.479 e. The molecule has 2 aromatic rings. The SMILES string of the molecule is CC1(C)CCN(c2c(-c3ccc(F)c(F)c3)c(C=O)nc(Cl)c2[C@H](OC(C)(C)C)C(=O)O)CC1. The molecule has 1 aromatic carbocycles. The van der Waals surface area contributed by atoms with Gasteiger partial charge < -0.3 is 14.7 Å². The summed E-state index contributed by atoms with van der Waals surface area (Å²) in [6.07, 6.45) is 0.550. The molecule has 1 aliphatic heterocycles. The summed E-state index contributed by atoms with van der Waals surface area (Å²) >= 11 is 6.50. The molecule has 1 saturated heterocycles. The number of piperidine rings is 1. The van der Waals surface area contributed by atoms with E-state index in [1.54, 1.807) is 20.8 Å². The van der Waals surface area contributed by atoms with Gasteiger partial charge >= 0.3 is 5.97 Å². The first-order valence-corrected chi connectivity index (χ1v) is 11.4. The summed E-state index contributed by atoms with van der Waals surface area (Å²) < 4.78 is 33.8. The van der Waals surface area contributed by atoms with Crippen LogP contribution in [0.5, 0.6) is 0 Å². The molecule has 1 fully saturated rings. The Kier molecular flexibility index (Phi) is 7.34. The van der Waals surface area contributed by atoms with Gasteiger partial charge in [-0.15, -0.1) is 0 Å². The highest BCUT2D eigenvalue weighted by atomic mass is 35.5. The second kappa shape index (κ2) is 9.58. The van der Waals surface area contributed by atoms with Gasteiger partial charge in [0.15, 0.2) is 24.0 Å². The monoisotopic (exact) mass is 494 g/mol. The molecular weight excluding hydrogens is 466 g/mol. The molecule has 0 unspecified atom stereocenters. The van der Waals surface area contributed by atoms with E-state index in [-0.39, 0.29) is 33.0 Å². The van der Waals surface area contributed by atoms with Gasteiger partial charge in [-0.2, -0.15) is 0 Å². The first-order chi connectivity index (χ1) is 15.7. The lowest BCUT2D eigenvalue weighted by atomic mass is 9.82. The van der Waals surface area contributed by atoms with Gasteiger partial charge in [0.1, 0.15) is 10.8 Å². The summed E-state index contributed by atoms with van der Waals surface area (Å²) in [5.41, 5.74) is -0.0900. The van der Waals surface area contributed by atoms with Crippen LogP contribution in [0.1, 0.15) is 69.6 Å². The molecule has 184 valence electrons. The third kappa shape index (κ3) is 5.55. The van der Waals surface area contributed by atoms with Crippen molar-refractivity contribution in [2.24, 2.45) is 5.41 Å². The minimum atomic E-state index is -1.50. The number of nitrogens with zero attached hydrogens (tertiary/aromatic N) is 2. The second-order valence-electron chi connectivity index (χ2n) is 10.3. The van der Waals surface area contributed by atoms with Gasteiger partial charge in [0.25, 0.3) is 0 Å². The van der Waals surface area contributed by atoms with Gasteiger partial charge in [-0.1, -0.05) is 31.5 Å². The zero-order valence-corrected chi connectivity index (χ0v) is 20.7. The summed E-state index contributed by atoms with van der Waals surface area (Å²) in [5.74, 6) is -3.43. The normalized spacial score (nSPS) is 16.9. The third-order valence-corrected chi connectivity index (χ3v) is 6.19. The number of hydrogen-bond donors (Lipinski definition) is 1. The van der Waals surface area contributed by atoms with E-state index in [2.05, 4.69) is 18.8 Å². The molecule has 0 radical (unpaired) electrons. The molecule has 6 nitrogen and oxygen atoms in total. The Hall–Kier alpha value is -2.58. The van der Waals surface area contributed by atoms with Crippen LogP contribution in [0.25, 0.3) is 11.1 Å². The molecule has 1 aliphatic rings. The molecule has 1 N–H and O–H groups in total. The van der Waals surface area contributed by atoms with Gasteiger partial charge in [-0.3, -0.25) is 4.79 Å². The highest BCUT2D eigenvalue weighted by Gasteiger charge is 2.37. The van der Waals surface area contributed by atoms with E-state index < -0.39 is 29.3 Å². The highest BCUT2D eigenvalue weighted by Crippen LogP contribution is 2.46. The quantitative estimate of drug-likeness (QED) is 0.388. The van der Waals surface area contributed by atoms with Crippen LogP contribution in [0, 0.1) is 17.0 Å². The van der Waals surface area contributed by atoms with E-state index in [0.29, 0.717) is 25.1 Å². The average molecular weight is 495 g/mol. The minimum Gasteiger partial charge on any atom is -0.479 e. The Morgan fingerprint density at radius 3 is 2.35 bits per heavy atom. The van der Waals surface area contributed by atoms with Crippen molar-refractivity contribution in [1.82, 2.24) is 4.98 Å². The number of pyridine rings is 1. The van der Waals surface area contributed by atoms with Crippen molar-refractivity contribution in [2.45, 2.75) is 59.2 Å². The van der Waals surface area contributed by atoms with Crippen LogP contribution >= 0.6 is 11.6 Å². The molecule has 2 heterocycles.